The molecule has 128 valence electrons. The first-order chi connectivity index (χ1) is 10.7. The van der Waals surface area contributed by atoms with Crippen molar-refractivity contribution in [2.75, 3.05) is 13.8 Å². The van der Waals surface area contributed by atoms with Crippen molar-refractivity contribution in [3.63, 3.8) is 0 Å². The van der Waals surface area contributed by atoms with E-state index in [0.717, 1.165) is 0 Å². The maximum atomic E-state index is 12.8. The summed E-state index contributed by atoms with van der Waals surface area (Å²) in [6.45, 7) is -0.478. The molecule has 0 radical (unpaired) electrons. The highest BCUT2D eigenvalue weighted by Crippen LogP contribution is 2.44. The van der Waals surface area contributed by atoms with E-state index in [4.69, 9.17) is 21.4 Å². The number of carbonyl (C=O) groups is 1. The van der Waals surface area contributed by atoms with Gasteiger partial charge in [0.2, 0.25) is 0 Å². The predicted octanol–water partition coefficient (Wildman–Crippen LogP) is 1.65. The van der Waals surface area contributed by atoms with Crippen LogP contribution in [0.25, 0.3) is 0 Å². The second-order valence-corrected chi connectivity index (χ2v) is 7.21. The molecular weight excluding hydrogens is 345 g/mol. The first kappa shape index (κ1) is 18.5. The first-order valence-corrected chi connectivity index (χ1v) is 8.98. The summed E-state index contributed by atoms with van der Waals surface area (Å²) in [6, 6.07) is 6.74. The first-order valence-electron chi connectivity index (χ1n) is 7.07. The van der Waals surface area contributed by atoms with E-state index in [0.29, 0.717) is 29.8 Å². The third-order valence-electron chi connectivity index (χ3n) is 4.12. The maximum Gasteiger partial charge on any atom is 0.470 e. The van der Waals surface area contributed by atoms with Crippen LogP contribution in [-0.4, -0.2) is 45.5 Å². The highest BCUT2D eigenvalue weighted by molar-refractivity contribution is 7.46. The lowest BCUT2D eigenvalue weighted by Crippen LogP contribution is -2.56. The van der Waals surface area contributed by atoms with Gasteiger partial charge in [-0.1, -0.05) is 29.8 Å². The van der Waals surface area contributed by atoms with E-state index < -0.39 is 32.0 Å². The Morgan fingerprint density at radius 1 is 1.43 bits per heavy atom. The quantitative estimate of drug-likeness (QED) is 0.539. The van der Waals surface area contributed by atoms with Crippen LogP contribution < -0.4 is 0 Å². The van der Waals surface area contributed by atoms with Gasteiger partial charge in [-0.05, 0) is 37.9 Å². The van der Waals surface area contributed by atoms with Crippen LogP contribution in [0.2, 0.25) is 5.02 Å². The zero-order valence-electron chi connectivity index (χ0n) is 12.6. The largest absolute Gasteiger partial charge is 0.470 e. The van der Waals surface area contributed by atoms with E-state index in [1.54, 1.807) is 24.3 Å². The van der Waals surface area contributed by atoms with E-state index in [1.165, 1.54) is 11.9 Å². The molecule has 0 saturated heterocycles. The van der Waals surface area contributed by atoms with Crippen molar-refractivity contribution >= 4 is 25.2 Å². The molecule has 1 aliphatic rings. The minimum Gasteiger partial charge on any atom is -0.385 e. The van der Waals surface area contributed by atoms with E-state index >= 15 is 0 Å². The second-order valence-electron chi connectivity index (χ2n) is 5.56. The van der Waals surface area contributed by atoms with Crippen molar-refractivity contribution in [1.29, 1.82) is 0 Å². The molecule has 0 amide bonds. The molecule has 1 saturated carbocycles. The predicted molar refractivity (Wildman–Crippen MR) is 83.8 cm³/mol. The fourth-order valence-electron chi connectivity index (χ4n) is 3.00. The van der Waals surface area contributed by atoms with Gasteiger partial charge in [-0.2, -0.15) is 0 Å². The van der Waals surface area contributed by atoms with Crippen molar-refractivity contribution in [3.05, 3.63) is 34.9 Å². The summed E-state index contributed by atoms with van der Waals surface area (Å²) in [5, 5.41) is 10.4. The molecule has 23 heavy (non-hydrogen) atoms. The summed E-state index contributed by atoms with van der Waals surface area (Å²) >= 11 is 6.24. The van der Waals surface area contributed by atoms with Crippen LogP contribution in [0.1, 0.15) is 24.8 Å². The third kappa shape index (κ3) is 3.83. The van der Waals surface area contributed by atoms with Crippen LogP contribution in [0.5, 0.6) is 0 Å². The van der Waals surface area contributed by atoms with Crippen LogP contribution in [0.15, 0.2) is 24.3 Å². The van der Waals surface area contributed by atoms with Crippen LogP contribution in [0.4, 0.5) is 0 Å². The number of hydrogen-bond acceptors (Lipinski definition) is 5. The molecule has 0 spiro atoms. The number of phosphoric ester groups is 1. The number of likely N-dealkylation sites (N-methyl/N-ethyl adjacent to an activating group) is 1. The van der Waals surface area contributed by atoms with Crippen LogP contribution in [0.3, 0.4) is 0 Å². The van der Waals surface area contributed by atoms with Gasteiger partial charge in [-0.15, -0.1) is 0 Å². The molecule has 1 fully saturated rings. The average molecular weight is 364 g/mol. The minimum atomic E-state index is -4.69. The fraction of sp³-hybridized carbons (Fsp3) is 0.500. The molecule has 2 atom stereocenters. The lowest BCUT2D eigenvalue weighted by atomic mass is 9.73. The van der Waals surface area contributed by atoms with Crippen molar-refractivity contribution in [3.8, 4) is 0 Å². The van der Waals surface area contributed by atoms with Gasteiger partial charge in [0.1, 0.15) is 18.4 Å². The van der Waals surface area contributed by atoms with Crippen LogP contribution in [0, 0.1) is 0 Å². The van der Waals surface area contributed by atoms with E-state index in [9.17, 15) is 14.5 Å². The molecule has 0 unspecified atom stereocenters. The molecule has 1 aromatic carbocycles. The number of carbonyl (C=O) groups excluding carboxylic acids is 1. The number of nitrogens with zero attached hydrogens (tertiary/aromatic N) is 1. The number of aliphatic hydroxyl groups is 1. The molecular formula is C14H19ClNO6P. The Hall–Kier alpha value is -0.790. The number of benzene rings is 1. The van der Waals surface area contributed by atoms with Gasteiger partial charge in [-0.25, -0.2) is 4.57 Å². The number of rotatable bonds is 5. The fourth-order valence-corrected chi connectivity index (χ4v) is 3.62. The molecule has 0 aliphatic heterocycles. The molecule has 7 nitrogen and oxygen atoms in total. The Bertz CT molecular complexity index is 635. The lowest BCUT2D eigenvalue weighted by molar-refractivity contribution is -0.147. The summed E-state index contributed by atoms with van der Waals surface area (Å²) in [4.78, 5) is 31.9. The molecule has 0 bridgehead atoms. The number of halogens is 1. The zero-order valence-corrected chi connectivity index (χ0v) is 14.2. The summed E-state index contributed by atoms with van der Waals surface area (Å²) < 4.78 is 15.5. The van der Waals surface area contributed by atoms with E-state index in [1.807, 2.05) is 0 Å². The van der Waals surface area contributed by atoms with E-state index in [2.05, 4.69) is 4.52 Å². The van der Waals surface area contributed by atoms with Gasteiger partial charge in [-0.3, -0.25) is 14.2 Å². The van der Waals surface area contributed by atoms with Crippen molar-refractivity contribution < 1.29 is 28.8 Å². The molecule has 0 heterocycles. The van der Waals surface area contributed by atoms with Crippen molar-refractivity contribution in [2.45, 2.75) is 30.9 Å². The summed E-state index contributed by atoms with van der Waals surface area (Å²) in [6.07, 6.45) is 0.127. The van der Waals surface area contributed by atoms with Crippen molar-refractivity contribution in [2.24, 2.45) is 0 Å². The maximum absolute atomic E-state index is 12.8. The number of hydrogen-bond donors (Lipinski definition) is 3. The lowest BCUT2D eigenvalue weighted by Gasteiger charge is -2.44. The normalized spacial score (nSPS) is 25.8. The van der Waals surface area contributed by atoms with Gasteiger partial charge in [0.15, 0.2) is 5.78 Å². The Morgan fingerprint density at radius 2 is 2.09 bits per heavy atom. The third-order valence-corrected chi connectivity index (χ3v) is 4.90. The number of aliphatic hydroxyl groups excluding tert-OH is 1. The topological polar surface area (TPSA) is 107 Å². The highest BCUT2D eigenvalue weighted by Gasteiger charge is 2.49. The van der Waals surface area contributed by atoms with Gasteiger partial charge in [0.25, 0.3) is 0 Å². The number of phosphoric acid groups is 1. The summed E-state index contributed by atoms with van der Waals surface area (Å²) in [5.41, 5.74) is -0.798. The molecule has 2 rings (SSSR count). The van der Waals surface area contributed by atoms with Crippen LogP contribution in [-0.2, 0) is 19.4 Å². The molecule has 9 heteroatoms. The summed E-state index contributed by atoms with van der Waals surface area (Å²) in [7, 11) is -3.18. The van der Waals surface area contributed by atoms with Crippen LogP contribution >= 0.6 is 19.4 Å². The second kappa shape index (κ2) is 6.99. The number of Topliss-reactive ketones (excluding diaryl/α,β-unsaturated/α-hetero) is 1. The van der Waals surface area contributed by atoms with Gasteiger partial charge < -0.3 is 14.9 Å². The molecule has 3 N–H and O–H groups in total. The van der Waals surface area contributed by atoms with Gasteiger partial charge in [0.05, 0.1) is 0 Å². The average Bonchev–Trinajstić information content (AvgIpc) is 2.48. The Morgan fingerprint density at radius 3 is 2.70 bits per heavy atom. The molecule has 1 aromatic rings. The van der Waals surface area contributed by atoms with Crippen molar-refractivity contribution in [1.82, 2.24) is 4.90 Å². The molecule has 1 aliphatic carbocycles. The SMILES string of the molecule is CN(COP(=O)(O)O)[C@@]1(c2ccccc2Cl)CCC[C@H](O)C1=O. The Balaban J connectivity index is 2.46. The minimum absolute atomic E-state index is 0.345. The zero-order chi connectivity index (χ0) is 17.3. The molecule has 0 aromatic heterocycles. The standard InChI is InChI=1S/C14H19ClNO6P/c1-16(9-22-23(19,20)21)14(8-4-7-12(17)13(14)18)10-5-2-3-6-11(10)15/h2-3,5-6,12,17H,4,7-9H2,1H3,(H2,19,20,21)/t12-,14+/m0/s1. The van der Waals surface area contributed by atoms with Gasteiger partial charge >= 0.3 is 7.82 Å². The number of ketones is 1. The smallest absolute Gasteiger partial charge is 0.385 e. The monoisotopic (exact) mass is 363 g/mol. The van der Waals surface area contributed by atoms with E-state index in [-0.39, 0.29) is 0 Å². The van der Waals surface area contributed by atoms with Gasteiger partial charge in [0, 0.05) is 5.02 Å². The highest BCUT2D eigenvalue weighted by atomic mass is 35.5. The Kier molecular flexibility index (Phi) is 5.63. The summed E-state index contributed by atoms with van der Waals surface area (Å²) in [5.74, 6) is -0.450. The Labute approximate surface area is 139 Å².